The van der Waals surface area contributed by atoms with Crippen LogP contribution in [0.4, 0.5) is 5.82 Å². The number of benzene rings is 2. The number of aliphatic hydroxyl groups is 1. The first-order chi connectivity index (χ1) is 13.0. The average molecular weight is 380 g/mol. The zero-order valence-electron chi connectivity index (χ0n) is 14.7. The van der Waals surface area contributed by atoms with Crippen molar-refractivity contribution < 1.29 is 5.11 Å². The summed E-state index contributed by atoms with van der Waals surface area (Å²) in [7, 11) is 0. The minimum absolute atomic E-state index is 0.272. The third-order valence-corrected chi connectivity index (χ3v) is 4.59. The Kier molecular flexibility index (Phi) is 4.51. The molecule has 2 aromatic carbocycles. The van der Waals surface area contributed by atoms with Crippen molar-refractivity contribution in [3.8, 4) is 11.4 Å². The number of halogens is 1. The van der Waals surface area contributed by atoms with Gasteiger partial charge in [0.25, 0.3) is 0 Å². The van der Waals surface area contributed by atoms with Gasteiger partial charge in [0.1, 0.15) is 11.4 Å². The fraction of sp³-hybridized carbons (Fsp3) is 0.150. The first-order valence-corrected chi connectivity index (χ1v) is 8.91. The predicted octanol–water partition coefficient (Wildman–Crippen LogP) is 3.76. The summed E-state index contributed by atoms with van der Waals surface area (Å²) >= 11 is 6.04. The summed E-state index contributed by atoms with van der Waals surface area (Å²) in [6.07, 6.45) is 0. The van der Waals surface area contributed by atoms with Gasteiger partial charge >= 0.3 is 0 Å². The van der Waals surface area contributed by atoms with Crippen molar-refractivity contribution in [3.05, 3.63) is 77.3 Å². The number of aromatic nitrogens is 4. The lowest BCUT2D eigenvalue weighted by molar-refractivity contribution is 0.0714. The zero-order valence-corrected chi connectivity index (χ0v) is 15.4. The van der Waals surface area contributed by atoms with E-state index in [1.807, 2.05) is 54.6 Å². The molecule has 4 rings (SSSR count). The summed E-state index contributed by atoms with van der Waals surface area (Å²) in [5, 5.41) is 27.5. The van der Waals surface area contributed by atoms with Gasteiger partial charge in [-0.05, 0) is 36.8 Å². The first kappa shape index (κ1) is 17.5. The molecule has 2 heterocycles. The number of hydrogen-bond acceptors (Lipinski definition) is 5. The molecular weight excluding hydrogens is 362 g/mol. The fourth-order valence-electron chi connectivity index (χ4n) is 2.84. The standard InChI is InChI=1S/C20H18ClN5O/c1-20(27,15-8-5-9-16(21)12-15)13-22-17-10-11-18-23-24-19(26(18)25-17)14-6-3-2-4-7-14/h2-12,27H,13H2,1H3,(H,22,25). The maximum atomic E-state index is 10.8. The Morgan fingerprint density at radius 1 is 1.04 bits per heavy atom. The molecular formula is C20H18ClN5O. The van der Waals surface area contributed by atoms with E-state index in [1.54, 1.807) is 23.6 Å². The van der Waals surface area contributed by atoms with Crippen LogP contribution in [0.1, 0.15) is 12.5 Å². The smallest absolute Gasteiger partial charge is 0.185 e. The van der Waals surface area contributed by atoms with Crippen LogP contribution in [-0.4, -0.2) is 31.5 Å². The zero-order chi connectivity index (χ0) is 18.9. The Morgan fingerprint density at radius 2 is 1.85 bits per heavy atom. The summed E-state index contributed by atoms with van der Waals surface area (Å²) in [4.78, 5) is 0. The van der Waals surface area contributed by atoms with Crippen molar-refractivity contribution in [2.75, 3.05) is 11.9 Å². The molecule has 2 aromatic heterocycles. The van der Waals surface area contributed by atoms with Gasteiger partial charge in [0.15, 0.2) is 11.5 Å². The summed E-state index contributed by atoms with van der Waals surface area (Å²) in [6.45, 7) is 2.01. The van der Waals surface area contributed by atoms with Gasteiger partial charge in [-0.25, -0.2) is 0 Å². The lowest BCUT2D eigenvalue weighted by atomic mass is 9.96. The van der Waals surface area contributed by atoms with Gasteiger partial charge in [0, 0.05) is 17.1 Å². The van der Waals surface area contributed by atoms with Gasteiger partial charge in [0.2, 0.25) is 0 Å². The largest absolute Gasteiger partial charge is 0.384 e. The van der Waals surface area contributed by atoms with Gasteiger partial charge in [-0.15, -0.1) is 15.3 Å². The van der Waals surface area contributed by atoms with Crippen LogP contribution < -0.4 is 5.32 Å². The van der Waals surface area contributed by atoms with E-state index >= 15 is 0 Å². The highest BCUT2D eigenvalue weighted by molar-refractivity contribution is 6.30. The number of nitrogens with one attached hydrogen (secondary N) is 1. The van der Waals surface area contributed by atoms with Gasteiger partial charge in [0.05, 0.1) is 0 Å². The second kappa shape index (κ2) is 6.98. The molecule has 136 valence electrons. The monoisotopic (exact) mass is 379 g/mol. The van der Waals surface area contributed by atoms with Crippen molar-refractivity contribution in [3.63, 3.8) is 0 Å². The highest BCUT2D eigenvalue weighted by Gasteiger charge is 2.23. The van der Waals surface area contributed by atoms with Crippen LogP contribution in [0.3, 0.4) is 0 Å². The SMILES string of the molecule is CC(O)(CNc1ccc2nnc(-c3ccccc3)n2n1)c1cccc(Cl)c1. The Balaban J connectivity index is 1.59. The van der Waals surface area contributed by atoms with Gasteiger partial charge in [-0.3, -0.25) is 0 Å². The molecule has 0 spiro atoms. The number of rotatable bonds is 5. The van der Waals surface area contributed by atoms with Crippen molar-refractivity contribution in [2.45, 2.75) is 12.5 Å². The number of fused-ring (bicyclic) bond motifs is 1. The Morgan fingerprint density at radius 3 is 2.63 bits per heavy atom. The maximum Gasteiger partial charge on any atom is 0.185 e. The molecule has 0 saturated heterocycles. The summed E-state index contributed by atoms with van der Waals surface area (Å²) in [6, 6.07) is 20.6. The molecule has 0 fully saturated rings. The molecule has 4 aromatic rings. The van der Waals surface area contributed by atoms with Crippen LogP contribution in [0.25, 0.3) is 17.0 Å². The summed E-state index contributed by atoms with van der Waals surface area (Å²) < 4.78 is 1.69. The van der Waals surface area contributed by atoms with E-state index in [0.717, 1.165) is 11.1 Å². The summed E-state index contributed by atoms with van der Waals surface area (Å²) in [5.74, 6) is 1.28. The predicted molar refractivity (Wildman–Crippen MR) is 106 cm³/mol. The average Bonchev–Trinajstić information content (AvgIpc) is 3.10. The van der Waals surface area contributed by atoms with E-state index in [4.69, 9.17) is 11.6 Å². The van der Waals surface area contributed by atoms with Crippen LogP contribution in [0.5, 0.6) is 0 Å². The van der Waals surface area contributed by atoms with Crippen molar-refractivity contribution in [1.29, 1.82) is 0 Å². The van der Waals surface area contributed by atoms with Crippen LogP contribution >= 0.6 is 11.6 Å². The van der Waals surface area contributed by atoms with E-state index in [0.29, 0.717) is 22.3 Å². The molecule has 1 atom stereocenters. The Bertz CT molecular complexity index is 1080. The second-order valence-electron chi connectivity index (χ2n) is 6.52. The minimum Gasteiger partial charge on any atom is -0.384 e. The van der Waals surface area contributed by atoms with E-state index in [1.165, 1.54) is 0 Å². The Hall–Kier alpha value is -2.96. The topological polar surface area (TPSA) is 75.3 Å². The van der Waals surface area contributed by atoms with Crippen LogP contribution in [0.2, 0.25) is 5.02 Å². The molecule has 6 nitrogen and oxygen atoms in total. The molecule has 7 heteroatoms. The van der Waals surface area contributed by atoms with Crippen LogP contribution in [-0.2, 0) is 5.60 Å². The maximum absolute atomic E-state index is 10.8. The quantitative estimate of drug-likeness (QED) is 0.552. The van der Waals surface area contributed by atoms with Gasteiger partial charge in [-0.1, -0.05) is 54.1 Å². The van der Waals surface area contributed by atoms with Crippen LogP contribution in [0, 0.1) is 0 Å². The van der Waals surface area contributed by atoms with E-state index in [-0.39, 0.29) is 6.54 Å². The minimum atomic E-state index is -1.10. The van der Waals surface area contributed by atoms with Crippen molar-refractivity contribution >= 4 is 23.1 Å². The first-order valence-electron chi connectivity index (χ1n) is 8.53. The lowest BCUT2D eigenvalue weighted by Crippen LogP contribution is -2.31. The molecule has 0 aliphatic carbocycles. The molecule has 0 saturated carbocycles. The summed E-state index contributed by atoms with van der Waals surface area (Å²) in [5.41, 5.74) is 1.22. The lowest BCUT2D eigenvalue weighted by Gasteiger charge is -2.24. The second-order valence-corrected chi connectivity index (χ2v) is 6.95. The fourth-order valence-corrected chi connectivity index (χ4v) is 3.03. The molecule has 0 radical (unpaired) electrons. The molecule has 0 aliphatic heterocycles. The molecule has 2 N–H and O–H groups in total. The van der Waals surface area contributed by atoms with E-state index in [2.05, 4.69) is 20.6 Å². The van der Waals surface area contributed by atoms with Gasteiger partial charge < -0.3 is 10.4 Å². The van der Waals surface area contributed by atoms with Crippen molar-refractivity contribution in [2.24, 2.45) is 0 Å². The number of hydrogen-bond donors (Lipinski definition) is 2. The molecule has 0 amide bonds. The van der Waals surface area contributed by atoms with E-state index in [9.17, 15) is 5.11 Å². The normalized spacial score (nSPS) is 13.4. The Labute approximate surface area is 161 Å². The molecule has 27 heavy (non-hydrogen) atoms. The molecule has 0 bridgehead atoms. The number of nitrogens with zero attached hydrogens (tertiary/aromatic N) is 4. The molecule has 1 unspecified atom stereocenters. The molecule has 0 aliphatic rings. The third-order valence-electron chi connectivity index (χ3n) is 4.36. The highest BCUT2D eigenvalue weighted by atomic mass is 35.5. The van der Waals surface area contributed by atoms with Crippen molar-refractivity contribution in [1.82, 2.24) is 19.8 Å². The number of anilines is 1. The third kappa shape index (κ3) is 3.63. The van der Waals surface area contributed by atoms with E-state index < -0.39 is 5.60 Å². The van der Waals surface area contributed by atoms with Gasteiger partial charge in [-0.2, -0.15) is 4.52 Å². The highest BCUT2D eigenvalue weighted by Crippen LogP contribution is 2.24. The van der Waals surface area contributed by atoms with Crippen LogP contribution in [0.15, 0.2) is 66.7 Å².